The third-order valence-electron chi connectivity index (χ3n) is 10.9. The maximum atomic E-state index is 12.8. The predicted octanol–water partition coefficient (Wildman–Crippen LogP) is 9.15. The summed E-state index contributed by atoms with van der Waals surface area (Å²) >= 11 is 0. The summed E-state index contributed by atoms with van der Waals surface area (Å²) in [4.78, 5) is 12.8. The first kappa shape index (κ1) is 39.4. The molecular formula is C31H68O6Si4. The van der Waals surface area contributed by atoms with Gasteiger partial charge in [0.1, 0.15) is 30.5 Å². The van der Waals surface area contributed by atoms with Crippen molar-refractivity contribution in [2.24, 2.45) is 0 Å². The zero-order valence-electron chi connectivity index (χ0n) is 30.6. The monoisotopic (exact) mass is 648 g/mol. The lowest BCUT2D eigenvalue weighted by atomic mass is 9.96. The summed E-state index contributed by atoms with van der Waals surface area (Å²) < 4.78 is 35.1. The zero-order chi connectivity index (χ0) is 32.8. The molecule has 0 aromatic rings. The Balaban J connectivity index is 3.84. The van der Waals surface area contributed by atoms with Crippen molar-refractivity contribution in [3.8, 4) is 0 Å². The number of aldehydes is 1. The summed E-state index contributed by atoms with van der Waals surface area (Å²) in [6.45, 7) is 45.3. The van der Waals surface area contributed by atoms with Gasteiger partial charge in [0.05, 0.1) is 6.61 Å². The number of rotatable bonds is 10. The predicted molar refractivity (Wildman–Crippen MR) is 184 cm³/mol. The van der Waals surface area contributed by atoms with E-state index in [1.807, 2.05) is 0 Å². The van der Waals surface area contributed by atoms with Gasteiger partial charge in [0.15, 0.2) is 39.6 Å². The lowest BCUT2D eigenvalue weighted by molar-refractivity contribution is -0.209. The summed E-state index contributed by atoms with van der Waals surface area (Å²) in [7, 11) is -9.00. The summed E-state index contributed by atoms with van der Waals surface area (Å²) in [6.07, 6.45) is -1.70. The third-order valence-corrected chi connectivity index (χ3v) is 28.9. The minimum Gasteiger partial charge on any atom is -0.414 e. The van der Waals surface area contributed by atoms with Gasteiger partial charge in [0.25, 0.3) is 0 Å². The molecule has 0 N–H and O–H groups in total. The molecule has 6 nitrogen and oxygen atoms in total. The molecule has 1 aliphatic rings. The highest BCUT2D eigenvalue weighted by Crippen LogP contribution is 2.46. The molecule has 0 spiro atoms. The summed E-state index contributed by atoms with van der Waals surface area (Å²) in [6, 6.07) is 0. The first-order valence-corrected chi connectivity index (χ1v) is 27.2. The Morgan fingerprint density at radius 2 is 0.854 bits per heavy atom. The van der Waals surface area contributed by atoms with E-state index >= 15 is 0 Å². The molecule has 1 aliphatic heterocycles. The quantitative estimate of drug-likeness (QED) is 0.174. The Morgan fingerprint density at radius 1 is 0.537 bits per heavy atom. The highest BCUT2D eigenvalue weighted by atomic mass is 28.4. The molecule has 5 atom stereocenters. The number of ether oxygens (including phenoxy) is 1. The second kappa shape index (κ2) is 12.6. The molecule has 41 heavy (non-hydrogen) atoms. The van der Waals surface area contributed by atoms with Gasteiger partial charge in [-0.3, -0.25) is 0 Å². The van der Waals surface area contributed by atoms with Crippen LogP contribution in [0.3, 0.4) is 0 Å². The van der Waals surface area contributed by atoms with E-state index in [0.717, 1.165) is 6.29 Å². The Kier molecular flexibility index (Phi) is 12.1. The standard InChI is InChI=1S/C31H68O6Si4/c1-28(2,3)38(13,14)33-22-24-26(36-40(17,18)30(7,8)9)27(37-41(19,20)31(10,11)12)25(23(21-32)34-24)35-39(15,16)29(4,5)6/h21,23-27H,22H2,1-20H3/t23-,24+,25+,26-,27+/m0/s1. The van der Waals surface area contributed by atoms with Crippen molar-refractivity contribution >= 4 is 39.6 Å². The fraction of sp³-hybridized carbons (Fsp3) is 0.968. The molecule has 0 aromatic heterocycles. The molecule has 0 amide bonds. The molecule has 1 heterocycles. The Bertz CT molecular complexity index is 875. The van der Waals surface area contributed by atoms with Gasteiger partial charge in [-0.05, 0) is 72.5 Å². The molecule has 0 aromatic carbocycles. The molecule has 244 valence electrons. The fourth-order valence-corrected chi connectivity index (χ4v) is 8.59. The van der Waals surface area contributed by atoms with Crippen LogP contribution in [-0.2, 0) is 27.2 Å². The van der Waals surface area contributed by atoms with Crippen molar-refractivity contribution < 1.29 is 27.2 Å². The molecule has 1 rings (SSSR count). The second-order valence-electron chi connectivity index (χ2n) is 18.4. The van der Waals surface area contributed by atoms with Gasteiger partial charge in [0.2, 0.25) is 0 Å². The third kappa shape index (κ3) is 9.42. The SMILES string of the molecule is CC(C)(C)[Si](C)(C)OC[C@H]1O[C@@H](C=O)[C@@H](O[Si](C)(C)C(C)(C)C)[C@@H](O[Si](C)(C)C(C)(C)C)[C@H]1O[Si](C)(C)C(C)(C)C. The van der Waals surface area contributed by atoms with E-state index in [-0.39, 0.29) is 20.2 Å². The second-order valence-corrected chi connectivity index (χ2v) is 37.5. The van der Waals surface area contributed by atoms with Crippen molar-refractivity contribution in [2.45, 2.75) is 186 Å². The van der Waals surface area contributed by atoms with Gasteiger partial charge < -0.3 is 27.2 Å². The summed E-state index contributed by atoms with van der Waals surface area (Å²) in [5.41, 5.74) is 0. The van der Waals surface area contributed by atoms with Crippen LogP contribution in [0.4, 0.5) is 0 Å². The van der Waals surface area contributed by atoms with Crippen LogP contribution in [0.2, 0.25) is 72.5 Å². The molecular weight excluding hydrogens is 581 g/mol. The fourth-order valence-electron chi connectivity index (χ4n) is 3.65. The topological polar surface area (TPSA) is 63.2 Å². The lowest BCUT2D eigenvalue weighted by Gasteiger charge is -2.54. The normalized spacial score (nSPS) is 26.3. The van der Waals surface area contributed by atoms with Crippen molar-refractivity contribution in [2.75, 3.05) is 6.61 Å². The lowest BCUT2D eigenvalue weighted by Crippen LogP contribution is -2.68. The van der Waals surface area contributed by atoms with Gasteiger partial charge in [-0.2, -0.15) is 0 Å². The van der Waals surface area contributed by atoms with E-state index < -0.39 is 63.8 Å². The number of hydrogen-bond donors (Lipinski definition) is 0. The molecule has 1 fully saturated rings. The molecule has 0 saturated carbocycles. The maximum absolute atomic E-state index is 12.8. The highest BCUT2D eigenvalue weighted by molar-refractivity contribution is 6.75. The van der Waals surface area contributed by atoms with E-state index in [4.69, 9.17) is 22.4 Å². The van der Waals surface area contributed by atoms with Gasteiger partial charge >= 0.3 is 0 Å². The van der Waals surface area contributed by atoms with Crippen LogP contribution in [0.15, 0.2) is 0 Å². The van der Waals surface area contributed by atoms with Crippen molar-refractivity contribution in [3.63, 3.8) is 0 Å². The highest BCUT2D eigenvalue weighted by Gasteiger charge is 2.56. The van der Waals surface area contributed by atoms with Crippen LogP contribution in [-0.4, -0.2) is 76.7 Å². The first-order chi connectivity index (χ1) is 17.8. The Labute approximate surface area is 258 Å². The number of carbonyl (C=O) groups excluding carboxylic acids is 1. The number of carbonyl (C=O) groups is 1. The smallest absolute Gasteiger partial charge is 0.192 e. The molecule has 0 bridgehead atoms. The molecule has 0 aliphatic carbocycles. The van der Waals surface area contributed by atoms with Crippen LogP contribution < -0.4 is 0 Å². The Morgan fingerprint density at radius 3 is 1.17 bits per heavy atom. The minimum atomic E-state index is -2.31. The van der Waals surface area contributed by atoms with E-state index in [1.54, 1.807) is 0 Å². The minimum absolute atomic E-state index is 0.0172. The van der Waals surface area contributed by atoms with E-state index in [2.05, 4.69) is 135 Å². The summed E-state index contributed by atoms with van der Waals surface area (Å²) in [5, 5.41) is -0.0403. The van der Waals surface area contributed by atoms with E-state index in [0.29, 0.717) is 6.61 Å². The van der Waals surface area contributed by atoms with Crippen LogP contribution in [0, 0.1) is 0 Å². The first-order valence-electron chi connectivity index (χ1n) is 15.6. The zero-order valence-corrected chi connectivity index (χ0v) is 34.6. The molecule has 0 radical (unpaired) electrons. The average molecular weight is 649 g/mol. The molecule has 10 heteroatoms. The van der Waals surface area contributed by atoms with Crippen LogP contribution in [0.5, 0.6) is 0 Å². The van der Waals surface area contributed by atoms with Crippen molar-refractivity contribution in [1.29, 1.82) is 0 Å². The van der Waals surface area contributed by atoms with Crippen LogP contribution >= 0.6 is 0 Å². The summed E-state index contributed by atoms with van der Waals surface area (Å²) in [5.74, 6) is 0. The van der Waals surface area contributed by atoms with Gasteiger partial charge in [-0.25, -0.2) is 0 Å². The van der Waals surface area contributed by atoms with Crippen LogP contribution in [0.25, 0.3) is 0 Å². The van der Waals surface area contributed by atoms with E-state index in [1.165, 1.54) is 0 Å². The van der Waals surface area contributed by atoms with Gasteiger partial charge in [0, 0.05) is 0 Å². The van der Waals surface area contributed by atoms with Crippen molar-refractivity contribution in [3.05, 3.63) is 0 Å². The molecule has 0 unspecified atom stereocenters. The van der Waals surface area contributed by atoms with Gasteiger partial charge in [-0.1, -0.05) is 83.1 Å². The van der Waals surface area contributed by atoms with Crippen molar-refractivity contribution in [1.82, 2.24) is 0 Å². The maximum Gasteiger partial charge on any atom is 0.192 e. The average Bonchev–Trinajstić information content (AvgIpc) is 2.71. The van der Waals surface area contributed by atoms with Crippen LogP contribution in [0.1, 0.15) is 83.1 Å². The van der Waals surface area contributed by atoms with E-state index in [9.17, 15) is 4.79 Å². The number of hydrogen-bond acceptors (Lipinski definition) is 6. The molecule has 1 saturated heterocycles. The Hall–Kier alpha value is 0.338. The van der Waals surface area contributed by atoms with Gasteiger partial charge in [-0.15, -0.1) is 0 Å². The largest absolute Gasteiger partial charge is 0.414 e.